The number of rotatable bonds is 5. The number of para-hydroxylation sites is 1. The molecule has 1 aromatic heterocycles. The van der Waals surface area contributed by atoms with Crippen molar-refractivity contribution in [3.63, 3.8) is 0 Å². The van der Waals surface area contributed by atoms with Crippen molar-refractivity contribution in [1.82, 2.24) is 24.1 Å². The Hall–Kier alpha value is -2.78. The summed E-state index contributed by atoms with van der Waals surface area (Å²) < 4.78 is 28.0. The lowest BCUT2D eigenvalue weighted by Crippen LogP contribution is -2.25. The lowest BCUT2D eigenvalue weighted by molar-refractivity contribution is 0.520. The molecule has 0 amide bonds. The smallest absolute Gasteiger partial charge is 0.244 e. The van der Waals surface area contributed by atoms with Gasteiger partial charge in [0, 0.05) is 14.1 Å². The first-order chi connectivity index (χ1) is 11.9. The first kappa shape index (κ1) is 17.1. The van der Waals surface area contributed by atoms with Gasteiger partial charge in [0.25, 0.3) is 0 Å². The molecular weight excluding hydrogens is 342 g/mol. The summed E-state index contributed by atoms with van der Waals surface area (Å²) in [6.07, 6.45) is 0. The standard InChI is InChI=1S/C16H17N5O3S/c1-19(2)25(23,24)15-10-6-7-13(11-15)12-20-16(22)21(18-17-20)14-8-4-3-5-9-14/h3-11H,12H2,1-2H3. The molecule has 0 fully saturated rings. The largest absolute Gasteiger partial charge is 0.368 e. The predicted octanol–water partition coefficient (Wildman–Crippen LogP) is 0.728. The van der Waals surface area contributed by atoms with Gasteiger partial charge in [-0.25, -0.2) is 17.5 Å². The Morgan fingerprint density at radius 1 is 1.00 bits per heavy atom. The van der Waals surface area contributed by atoms with E-state index >= 15 is 0 Å². The van der Waals surface area contributed by atoms with Crippen LogP contribution in [0.4, 0.5) is 0 Å². The van der Waals surface area contributed by atoms with Gasteiger partial charge in [-0.05, 0) is 40.3 Å². The van der Waals surface area contributed by atoms with Gasteiger partial charge in [0.1, 0.15) is 0 Å². The highest BCUT2D eigenvalue weighted by atomic mass is 32.2. The van der Waals surface area contributed by atoms with E-state index in [0.29, 0.717) is 11.3 Å². The number of benzene rings is 2. The molecule has 0 atom stereocenters. The summed E-state index contributed by atoms with van der Waals surface area (Å²) in [5.74, 6) is 0. The fourth-order valence-electron chi connectivity index (χ4n) is 2.29. The molecule has 0 aliphatic carbocycles. The van der Waals surface area contributed by atoms with E-state index in [0.717, 1.165) is 4.31 Å². The zero-order valence-corrected chi connectivity index (χ0v) is 14.6. The minimum Gasteiger partial charge on any atom is -0.244 e. The summed E-state index contributed by atoms with van der Waals surface area (Å²) in [7, 11) is -0.594. The molecule has 2 aromatic carbocycles. The highest BCUT2D eigenvalue weighted by Crippen LogP contribution is 2.15. The van der Waals surface area contributed by atoms with Crippen LogP contribution in [0.25, 0.3) is 5.69 Å². The number of sulfonamides is 1. The number of tetrazole rings is 1. The monoisotopic (exact) mass is 359 g/mol. The second-order valence-electron chi connectivity index (χ2n) is 5.60. The molecule has 0 aliphatic rings. The molecule has 0 N–H and O–H groups in total. The molecule has 3 aromatic rings. The Balaban J connectivity index is 1.92. The van der Waals surface area contributed by atoms with Crippen LogP contribution in [0.1, 0.15) is 5.56 Å². The maximum atomic E-state index is 12.4. The predicted molar refractivity (Wildman–Crippen MR) is 92.0 cm³/mol. The van der Waals surface area contributed by atoms with Crippen LogP contribution in [0, 0.1) is 0 Å². The minimum atomic E-state index is -3.53. The average molecular weight is 359 g/mol. The number of hydrogen-bond acceptors (Lipinski definition) is 5. The number of hydrogen-bond donors (Lipinski definition) is 0. The number of aromatic nitrogens is 4. The Bertz CT molecular complexity index is 1040. The van der Waals surface area contributed by atoms with Gasteiger partial charge in [0.05, 0.1) is 17.1 Å². The van der Waals surface area contributed by atoms with E-state index < -0.39 is 15.7 Å². The lowest BCUT2D eigenvalue weighted by Gasteiger charge is -2.12. The molecule has 130 valence electrons. The molecule has 0 radical (unpaired) electrons. The molecule has 0 unspecified atom stereocenters. The molecule has 0 bridgehead atoms. The zero-order valence-electron chi connectivity index (χ0n) is 13.8. The zero-order chi connectivity index (χ0) is 18.0. The van der Waals surface area contributed by atoms with Crippen molar-refractivity contribution in [2.24, 2.45) is 0 Å². The average Bonchev–Trinajstić information content (AvgIpc) is 2.96. The molecule has 0 spiro atoms. The highest BCUT2D eigenvalue weighted by Gasteiger charge is 2.17. The first-order valence-corrected chi connectivity index (χ1v) is 8.93. The van der Waals surface area contributed by atoms with E-state index in [4.69, 9.17) is 0 Å². The SMILES string of the molecule is CN(C)S(=O)(=O)c1cccc(Cn2nnn(-c3ccccc3)c2=O)c1. The molecule has 8 nitrogen and oxygen atoms in total. The van der Waals surface area contributed by atoms with E-state index in [2.05, 4.69) is 10.4 Å². The maximum Gasteiger partial charge on any atom is 0.368 e. The van der Waals surface area contributed by atoms with Crippen molar-refractivity contribution in [2.75, 3.05) is 14.1 Å². The summed E-state index contributed by atoms with van der Waals surface area (Å²) in [4.78, 5) is 12.6. The molecule has 0 aliphatic heterocycles. The molecule has 1 heterocycles. The maximum absolute atomic E-state index is 12.4. The summed E-state index contributed by atoms with van der Waals surface area (Å²) in [5.41, 5.74) is 0.861. The van der Waals surface area contributed by atoms with Gasteiger partial charge < -0.3 is 0 Å². The Morgan fingerprint density at radius 3 is 2.40 bits per heavy atom. The highest BCUT2D eigenvalue weighted by molar-refractivity contribution is 7.89. The van der Waals surface area contributed by atoms with Crippen LogP contribution < -0.4 is 5.69 Å². The minimum absolute atomic E-state index is 0.127. The quantitative estimate of drug-likeness (QED) is 0.670. The summed E-state index contributed by atoms with van der Waals surface area (Å²) in [6, 6.07) is 15.4. The van der Waals surface area contributed by atoms with Crippen molar-refractivity contribution in [1.29, 1.82) is 0 Å². The van der Waals surface area contributed by atoms with E-state index in [1.165, 1.54) is 35.6 Å². The summed E-state index contributed by atoms with van der Waals surface area (Å²) >= 11 is 0. The topological polar surface area (TPSA) is 90.1 Å². The van der Waals surface area contributed by atoms with Crippen LogP contribution in [0.5, 0.6) is 0 Å². The van der Waals surface area contributed by atoms with E-state index in [1.54, 1.807) is 36.4 Å². The Kier molecular flexibility index (Phi) is 4.51. The van der Waals surface area contributed by atoms with Gasteiger partial charge in [0.2, 0.25) is 10.0 Å². The van der Waals surface area contributed by atoms with Gasteiger partial charge in [-0.15, -0.1) is 0 Å². The normalized spacial score (nSPS) is 11.8. The summed E-state index contributed by atoms with van der Waals surface area (Å²) in [6.45, 7) is 0.127. The Labute approximate surface area is 145 Å². The first-order valence-electron chi connectivity index (χ1n) is 7.49. The number of nitrogens with zero attached hydrogens (tertiary/aromatic N) is 5. The second kappa shape index (κ2) is 6.61. The van der Waals surface area contributed by atoms with Crippen LogP contribution in [-0.4, -0.2) is 46.6 Å². The molecule has 25 heavy (non-hydrogen) atoms. The third-order valence-corrected chi connectivity index (χ3v) is 5.46. The molecule has 9 heteroatoms. The van der Waals surface area contributed by atoms with E-state index in [9.17, 15) is 13.2 Å². The molecule has 0 saturated carbocycles. The summed E-state index contributed by atoms with van der Waals surface area (Å²) in [5, 5.41) is 7.74. The van der Waals surface area contributed by atoms with Crippen LogP contribution >= 0.6 is 0 Å². The van der Waals surface area contributed by atoms with Gasteiger partial charge in [-0.3, -0.25) is 0 Å². The molecule has 0 saturated heterocycles. The molecular formula is C16H17N5O3S. The van der Waals surface area contributed by atoms with E-state index in [1.807, 2.05) is 6.07 Å². The van der Waals surface area contributed by atoms with Gasteiger partial charge in [-0.2, -0.15) is 9.36 Å². The fraction of sp³-hybridized carbons (Fsp3) is 0.188. The lowest BCUT2D eigenvalue weighted by atomic mass is 10.2. The van der Waals surface area contributed by atoms with Gasteiger partial charge >= 0.3 is 5.69 Å². The van der Waals surface area contributed by atoms with Crippen LogP contribution in [0.15, 0.2) is 64.3 Å². The fourth-order valence-corrected chi connectivity index (χ4v) is 3.27. The Morgan fingerprint density at radius 2 is 1.72 bits per heavy atom. The molecule has 3 rings (SSSR count). The van der Waals surface area contributed by atoms with Crippen molar-refractivity contribution in [2.45, 2.75) is 11.4 Å². The third kappa shape index (κ3) is 3.37. The van der Waals surface area contributed by atoms with Gasteiger partial charge in [0.15, 0.2) is 0 Å². The van der Waals surface area contributed by atoms with Crippen LogP contribution in [-0.2, 0) is 16.6 Å². The third-order valence-electron chi connectivity index (χ3n) is 3.65. The van der Waals surface area contributed by atoms with Crippen LogP contribution in [0.3, 0.4) is 0 Å². The second-order valence-corrected chi connectivity index (χ2v) is 7.75. The van der Waals surface area contributed by atoms with Crippen molar-refractivity contribution < 1.29 is 8.42 Å². The van der Waals surface area contributed by atoms with Crippen molar-refractivity contribution >= 4 is 10.0 Å². The van der Waals surface area contributed by atoms with Crippen LogP contribution in [0.2, 0.25) is 0 Å². The van der Waals surface area contributed by atoms with E-state index in [-0.39, 0.29) is 11.4 Å². The van der Waals surface area contributed by atoms with Crippen molar-refractivity contribution in [3.05, 3.63) is 70.6 Å². The van der Waals surface area contributed by atoms with Gasteiger partial charge in [-0.1, -0.05) is 30.3 Å². The van der Waals surface area contributed by atoms with Crippen molar-refractivity contribution in [3.8, 4) is 5.69 Å².